The Morgan fingerprint density at radius 1 is 1.28 bits per heavy atom. The summed E-state index contributed by atoms with van der Waals surface area (Å²) >= 11 is 0. The number of carbonyl (C=O) groups excluding carboxylic acids is 2. The van der Waals surface area contributed by atoms with E-state index < -0.39 is 35.7 Å². The lowest BCUT2D eigenvalue weighted by molar-refractivity contribution is -0.155. The first-order valence-electron chi connectivity index (χ1n) is 11.6. The summed E-state index contributed by atoms with van der Waals surface area (Å²) in [6, 6.07) is 7.38. The van der Waals surface area contributed by atoms with Gasteiger partial charge in [0, 0.05) is 0 Å². The Balaban J connectivity index is 1.74. The minimum atomic E-state index is -1.03. The lowest BCUT2D eigenvalue weighted by Gasteiger charge is -2.44. The molecule has 1 saturated carbocycles. The summed E-state index contributed by atoms with van der Waals surface area (Å²) in [4.78, 5) is 39.4. The van der Waals surface area contributed by atoms with Crippen molar-refractivity contribution in [3.05, 3.63) is 35.9 Å². The molecule has 1 heterocycles. The summed E-state index contributed by atoms with van der Waals surface area (Å²) in [5, 5.41) is 12.9. The van der Waals surface area contributed by atoms with Crippen LogP contribution >= 0.6 is 0 Å². The highest BCUT2D eigenvalue weighted by Gasteiger charge is 2.56. The second kappa shape index (κ2) is 10.4. The van der Waals surface area contributed by atoms with Crippen LogP contribution in [0.4, 0.5) is 0 Å². The van der Waals surface area contributed by atoms with Gasteiger partial charge in [-0.2, -0.15) is 0 Å². The Kier molecular flexibility index (Phi) is 7.90. The molecule has 1 saturated heterocycles. The highest BCUT2D eigenvalue weighted by molar-refractivity contribution is 5.89. The number of likely N-dealkylation sites (tertiary alicyclic amines) is 1. The van der Waals surface area contributed by atoms with Gasteiger partial charge in [0.25, 0.3) is 0 Å². The first-order valence-corrected chi connectivity index (χ1v) is 11.6. The lowest BCUT2D eigenvalue weighted by Crippen LogP contribution is -2.65. The number of esters is 1. The molecule has 8 nitrogen and oxygen atoms in total. The number of carboxylic acids is 1. The smallest absolute Gasteiger partial charge is 0.326 e. The van der Waals surface area contributed by atoms with Crippen LogP contribution in [-0.2, 0) is 25.5 Å². The standard InChI is InChI=1S/C24H35N3O5/c1-3-32-23(31)19(13-12-17-9-5-4-6-10-17)26-16(2)21(28)27-20(22(29)30)15-18-11-7-8-14-24(18,27)25/h4-6,9-10,16,18-20,26H,3,7-8,11-15,25H2,1-2H3,(H,29,30)/t16?,18?,19?,20-,24?/m1/s1. The number of ether oxygens (including phenoxy) is 1. The van der Waals surface area contributed by atoms with Crippen LogP contribution in [0.15, 0.2) is 30.3 Å². The molecule has 4 N–H and O–H groups in total. The lowest BCUT2D eigenvalue weighted by atomic mass is 9.80. The molecule has 8 heteroatoms. The Labute approximate surface area is 189 Å². The molecule has 0 spiro atoms. The van der Waals surface area contributed by atoms with Gasteiger partial charge in [0.15, 0.2) is 0 Å². The number of fused-ring (bicyclic) bond motifs is 1. The largest absolute Gasteiger partial charge is 0.480 e. The number of rotatable bonds is 9. The van der Waals surface area contributed by atoms with Gasteiger partial charge in [-0.3, -0.25) is 14.9 Å². The van der Waals surface area contributed by atoms with Crippen LogP contribution in [0.25, 0.3) is 0 Å². The van der Waals surface area contributed by atoms with E-state index in [0.717, 1.165) is 24.8 Å². The molecule has 0 radical (unpaired) electrons. The van der Waals surface area contributed by atoms with Crippen molar-refractivity contribution in [2.45, 2.75) is 82.6 Å². The fourth-order valence-corrected chi connectivity index (χ4v) is 5.18. The molecular weight excluding hydrogens is 410 g/mol. The molecule has 2 aliphatic rings. The third kappa shape index (κ3) is 5.13. The fraction of sp³-hybridized carbons (Fsp3) is 0.625. The third-order valence-corrected chi connectivity index (χ3v) is 6.83. The molecule has 1 amide bonds. The third-order valence-electron chi connectivity index (χ3n) is 6.83. The van der Waals surface area contributed by atoms with Crippen LogP contribution < -0.4 is 11.1 Å². The fourth-order valence-electron chi connectivity index (χ4n) is 5.18. The van der Waals surface area contributed by atoms with Crippen LogP contribution in [0, 0.1) is 5.92 Å². The number of hydrogen-bond donors (Lipinski definition) is 3. The molecule has 0 aromatic heterocycles. The Hall–Kier alpha value is -2.45. The second-order valence-electron chi connectivity index (χ2n) is 8.95. The minimum Gasteiger partial charge on any atom is -0.480 e. The monoisotopic (exact) mass is 445 g/mol. The average molecular weight is 446 g/mol. The number of aliphatic carboxylic acids is 1. The van der Waals surface area contributed by atoms with E-state index in [1.807, 2.05) is 30.3 Å². The number of nitrogens with zero attached hydrogens (tertiary/aromatic N) is 1. The van der Waals surface area contributed by atoms with Gasteiger partial charge >= 0.3 is 11.9 Å². The van der Waals surface area contributed by atoms with Crippen molar-refractivity contribution < 1.29 is 24.2 Å². The van der Waals surface area contributed by atoms with E-state index in [-0.39, 0.29) is 18.4 Å². The normalized spacial score (nSPS) is 26.8. The van der Waals surface area contributed by atoms with Crippen molar-refractivity contribution in [1.29, 1.82) is 0 Å². The predicted molar refractivity (Wildman–Crippen MR) is 120 cm³/mol. The Morgan fingerprint density at radius 2 is 2.00 bits per heavy atom. The highest BCUT2D eigenvalue weighted by Crippen LogP contribution is 2.45. The Morgan fingerprint density at radius 3 is 2.66 bits per heavy atom. The topological polar surface area (TPSA) is 122 Å². The number of hydrogen-bond acceptors (Lipinski definition) is 6. The summed E-state index contributed by atoms with van der Waals surface area (Å²) in [6.07, 6.45) is 4.76. The van der Waals surface area contributed by atoms with E-state index in [2.05, 4.69) is 5.32 Å². The summed E-state index contributed by atoms with van der Waals surface area (Å²) in [5.41, 5.74) is 6.81. The first-order chi connectivity index (χ1) is 15.3. The molecule has 1 aliphatic heterocycles. The van der Waals surface area contributed by atoms with Crippen molar-refractivity contribution >= 4 is 17.8 Å². The van der Waals surface area contributed by atoms with E-state index in [4.69, 9.17) is 10.5 Å². The van der Waals surface area contributed by atoms with Gasteiger partial charge in [0.05, 0.1) is 18.3 Å². The molecule has 0 bridgehead atoms. The number of carboxylic acid groups (broad SMARTS) is 1. The number of nitrogens with one attached hydrogen (secondary N) is 1. The molecule has 32 heavy (non-hydrogen) atoms. The van der Waals surface area contributed by atoms with Crippen LogP contribution in [0.2, 0.25) is 0 Å². The molecular formula is C24H35N3O5. The maximum absolute atomic E-state index is 13.5. The summed E-state index contributed by atoms with van der Waals surface area (Å²) in [5.74, 6) is -1.85. The molecule has 5 atom stereocenters. The number of aryl methyl sites for hydroxylation is 1. The quantitative estimate of drug-likeness (QED) is 0.497. The van der Waals surface area contributed by atoms with Crippen LogP contribution in [0.5, 0.6) is 0 Å². The maximum atomic E-state index is 13.5. The van der Waals surface area contributed by atoms with Crippen LogP contribution in [-0.4, -0.2) is 58.2 Å². The number of amides is 1. The zero-order valence-corrected chi connectivity index (χ0v) is 19.0. The Bertz CT molecular complexity index is 817. The van der Waals surface area contributed by atoms with Gasteiger partial charge in [-0.25, -0.2) is 4.79 Å². The number of benzene rings is 1. The molecule has 176 valence electrons. The zero-order valence-electron chi connectivity index (χ0n) is 19.0. The summed E-state index contributed by atoms with van der Waals surface area (Å²) < 4.78 is 5.22. The molecule has 3 rings (SSSR count). The van der Waals surface area contributed by atoms with E-state index in [1.54, 1.807) is 13.8 Å². The van der Waals surface area contributed by atoms with Gasteiger partial charge in [-0.1, -0.05) is 36.8 Å². The van der Waals surface area contributed by atoms with E-state index in [9.17, 15) is 19.5 Å². The van der Waals surface area contributed by atoms with Crippen molar-refractivity contribution in [1.82, 2.24) is 10.2 Å². The van der Waals surface area contributed by atoms with E-state index in [1.165, 1.54) is 4.90 Å². The molecule has 1 aliphatic carbocycles. The SMILES string of the molecule is CCOC(=O)C(CCc1ccccc1)NC(C)C(=O)N1[C@@H](C(=O)O)CC2CCCCC21N. The van der Waals surface area contributed by atoms with Crippen molar-refractivity contribution in [2.24, 2.45) is 11.7 Å². The van der Waals surface area contributed by atoms with Crippen LogP contribution in [0.1, 0.15) is 57.9 Å². The van der Waals surface area contributed by atoms with Gasteiger partial charge in [0.1, 0.15) is 12.1 Å². The zero-order chi connectivity index (χ0) is 23.3. The first kappa shape index (κ1) is 24.2. The molecule has 1 aromatic carbocycles. The molecule has 1 aromatic rings. The van der Waals surface area contributed by atoms with Gasteiger partial charge in [-0.15, -0.1) is 0 Å². The van der Waals surface area contributed by atoms with Crippen molar-refractivity contribution in [3.8, 4) is 0 Å². The second-order valence-corrected chi connectivity index (χ2v) is 8.95. The summed E-state index contributed by atoms with van der Waals surface area (Å²) in [6.45, 7) is 3.64. The van der Waals surface area contributed by atoms with Gasteiger partial charge in [-0.05, 0) is 63.9 Å². The summed E-state index contributed by atoms with van der Waals surface area (Å²) in [7, 11) is 0. The van der Waals surface area contributed by atoms with Crippen LogP contribution in [0.3, 0.4) is 0 Å². The van der Waals surface area contributed by atoms with E-state index >= 15 is 0 Å². The average Bonchev–Trinajstić information content (AvgIpc) is 3.10. The number of carbonyl (C=O) groups is 3. The highest BCUT2D eigenvalue weighted by atomic mass is 16.5. The van der Waals surface area contributed by atoms with Crippen molar-refractivity contribution in [2.75, 3.05) is 6.61 Å². The predicted octanol–water partition coefficient (Wildman–Crippen LogP) is 2.06. The molecule has 4 unspecified atom stereocenters. The minimum absolute atomic E-state index is 0.0209. The van der Waals surface area contributed by atoms with Gasteiger partial charge < -0.3 is 20.5 Å². The maximum Gasteiger partial charge on any atom is 0.326 e. The van der Waals surface area contributed by atoms with E-state index in [0.29, 0.717) is 25.7 Å². The van der Waals surface area contributed by atoms with Crippen molar-refractivity contribution in [3.63, 3.8) is 0 Å². The van der Waals surface area contributed by atoms with Gasteiger partial charge in [0.2, 0.25) is 5.91 Å². The molecule has 2 fully saturated rings. The number of nitrogens with two attached hydrogens (primary N) is 1.